The maximum Gasteiger partial charge on any atom is 0.187 e. The van der Waals surface area contributed by atoms with Crippen molar-refractivity contribution in [2.45, 2.75) is 45.2 Å². The van der Waals surface area contributed by atoms with Crippen LogP contribution in [0.15, 0.2) is 15.9 Å². The summed E-state index contributed by atoms with van der Waals surface area (Å²) < 4.78 is 0.935. The van der Waals surface area contributed by atoms with Gasteiger partial charge in [-0.15, -0.1) is 11.3 Å². The molecule has 0 N–H and O–H groups in total. The molecule has 1 fully saturated rings. The van der Waals surface area contributed by atoms with E-state index in [0.29, 0.717) is 18.6 Å². The molecule has 0 spiro atoms. The summed E-state index contributed by atoms with van der Waals surface area (Å²) in [5, 5.41) is 1.96. The molecule has 2 heterocycles. The largest absolute Gasteiger partial charge is 0.292 e. The number of piperidine rings is 1. The van der Waals surface area contributed by atoms with Gasteiger partial charge in [0, 0.05) is 16.6 Å². The van der Waals surface area contributed by atoms with Crippen molar-refractivity contribution in [1.29, 1.82) is 0 Å². The van der Waals surface area contributed by atoms with E-state index in [-0.39, 0.29) is 5.78 Å². The summed E-state index contributed by atoms with van der Waals surface area (Å²) in [6.45, 7) is 5.01. The number of rotatable bonds is 3. The van der Waals surface area contributed by atoms with Gasteiger partial charge in [-0.3, -0.25) is 9.69 Å². The van der Waals surface area contributed by atoms with E-state index in [1.54, 1.807) is 0 Å². The fourth-order valence-corrected chi connectivity index (χ4v) is 4.04. The highest BCUT2D eigenvalue weighted by Gasteiger charge is 2.27. The van der Waals surface area contributed by atoms with Gasteiger partial charge in [-0.25, -0.2) is 0 Å². The summed E-state index contributed by atoms with van der Waals surface area (Å²) in [4.78, 5) is 15.4. The van der Waals surface area contributed by atoms with Gasteiger partial charge >= 0.3 is 0 Å². The lowest BCUT2D eigenvalue weighted by atomic mass is 9.97. The number of hydrogen-bond acceptors (Lipinski definition) is 3. The van der Waals surface area contributed by atoms with Gasteiger partial charge in [-0.2, -0.15) is 0 Å². The van der Waals surface area contributed by atoms with Crippen LogP contribution in [-0.4, -0.2) is 29.3 Å². The summed E-state index contributed by atoms with van der Waals surface area (Å²) in [6, 6.07) is 3.00. The van der Waals surface area contributed by atoms with E-state index in [2.05, 4.69) is 34.7 Å². The number of Topliss-reactive ketones (excluding diaryl/α,β-unsaturated/α-hetero) is 1. The lowest BCUT2D eigenvalue weighted by molar-refractivity contribution is 0.0737. The summed E-state index contributed by atoms with van der Waals surface area (Å²) in [6.07, 6.45) is 3.71. The predicted octanol–water partition coefficient (Wildman–Crippen LogP) is 3.96. The van der Waals surface area contributed by atoms with Crippen molar-refractivity contribution in [3.63, 3.8) is 0 Å². The van der Waals surface area contributed by atoms with Crippen molar-refractivity contribution in [2.24, 2.45) is 0 Å². The van der Waals surface area contributed by atoms with E-state index in [1.807, 2.05) is 11.4 Å². The smallest absolute Gasteiger partial charge is 0.187 e. The summed E-state index contributed by atoms with van der Waals surface area (Å²) >= 11 is 4.96. The molecule has 2 atom stereocenters. The Labute approximate surface area is 115 Å². The third-order valence-electron chi connectivity index (χ3n) is 3.57. The number of halogens is 1. The van der Waals surface area contributed by atoms with E-state index in [4.69, 9.17) is 0 Å². The highest BCUT2D eigenvalue weighted by molar-refractivity contribution is 9.10. The van der Waals surface area contributed by atoms with Crippen LogP contribution in [0.3, 0.4) is 0 Å². The fourth-order valence-electron chi connectivity index (χ4n) is 2.52. The molecule has 0 unspecified atom stereocenters. The Morgan fingerprint density at radius 3 is 2.65 bits per heavy atom. The lowest BCUT2D eigenvalue weighted by Gasteiger charge is -2.38. The molecule has 1 aromatic rings. The third kappa shape index (κ3) is 2.98. The van der Waals surface area contributed by atoms with Gasteiger partial charge in [-0.05, 0) is 54.1 Å². The minimum atomic E-state index is 0.243. The molecule has 1 aliphatic heterocycles. The summed E-state index contributed by atoms with van der Waals surface area (Å²) in [5.74, 6) is 0.243. The van der Waals surface area contributed by atoms with Gasteiger partial charge in [0.15, 0.2) is 5.78 Å². The van der Waals surface area contributed by atoms with Crippen LogP contribution in [0.2, 0.25) is 0 Å². The van der Waals surface area contributed by atoms with E-state index >= 15 is 0 Å². The fraction of sp³-hybridized carbons (Fsp3) is 0.615. The Morgan fingerprint density at radius 1 is 1.47 bits per heavy atom. The van der Waals surface area contributed by atoms with Gasteiger partial charge in [0.2, 0.25) is 0 Å². The first kappa shape index (κ1) is 13.2. The first-order valence-electron chi connectivity index (χ1n) is 6.11. The van der Waals surface area contributed by atoms with Crippen LogP contribution in [0.25, 0.3) is 0 Å². The SMILES string of the molecule is C[C@@H]1CCC[C@H](C)N1CC(=O)c1sccc1Br. The quantitative estimate of drug-likeness (QED) is 0.787. The Bertz CT molecular complexity index is 394. The Balaban J connectivity index is 2.05. The number of carbonyl (C=O) groups excluding carboxylic acids is 1. The van der Waals surface area contributed by atoms with Gasteiger partial charge in [0.1, 0.15) is 0 Å². The molecule has 0 saturated carbocycles. The maximum atomic E-state index is 12.2. The molecule has 1 saturated heterocycles. The van der Waals surface area contributed by atoms with Crippen LogP contribution in [0.4, 0.5) is 0 Å². The zero-order valence-corrected chi connectivity index (χ0v) is 12.7. The second-order valence-electron chi connectivity index (χ2n) is 4.82. The molecule has 1 aromatic heterocycles. The second-order valence-corrected chi connectivity index (χ2v) is 6.59. The van der Waals surface area contributed by atoms with E-state index in [0.717, 1.165) is 9.35 Å². The average Bonchev–Trinajstić information content (AvgIpc) is 2.70. The van der Waals surface area contributed by atoms with Crippen LogP contribution in [0, 0.1) is 0 Å². The van der Waals surface area contributed by atoms with Crippen molar-refractivity contribution in [3.8, 4) is 0 Å². The van der Waals surface area contributed by atoms with Crippen LogP contribution in [0.5, 0.6) is 0 Å². The molecule has 0 amide bonds. The second kappa shape index (κ2) is 5.63. The van der Waals surface area contributed by atoms with Crippen LogP contribution >= 0.6 is 27.3 Å². The molecule has 2 rings (SSSR count). The van der Waals surface area contributed by atoms with Gasteiger partial charge in [0.25, 0.3) is 0 Å². The number of hydrogen-bond donors (Lipinski definition) is 0. The highest BCUT2D eigenvalue weighted by Crippen LogP contribution is 2.26. The average molecular weight is 316 g/mol. The molecule has 0 radical (unpaired) electrons. The Hall–Kier alpha value is -0.190. The van der Waals surface area contributed by atoms with Crippen molar-refractivity contribution in [2.75, 3.05) is 6.54 Å². The standard InChI is InChI=1S/C13H18BrNOS/c1-9-4-3-5-10(2)15(9)8-12(16)13-11(14)6-7-17-13/h6-7,9-10H,3-5,8H2,1-2H3/t9-,10+. The zero-order valence-electron chi connectivity index (χ0n) is 10.3. The third-order valence-corrected chi connectivity index (χ3v) is 5.45. The molecule has 4 heteroatoms. The van der Waals surface area contributed by atoms with Crippen molar-refractivity contribution in [3.05, 3.63) is 20.8 Å². The number of ketones is 1. The predicted molar refractivity (Wildman–Crippen MR) is 75.8 cm³/mol. The molecule has 0 aromatic carbocycles. The first-order chi connectivity index (χ1) is 8.09. The minimum Gasteiger partial charge on any atom is -0.292 e. The summed E-state index contributed by atoms with van der Waals surface area (Å²) in [7, 11) is 0. The number of thiophene rings is 1. The highest BCUT2D eigenvalue weighted by atomic mass is 79.9. The normalized spacial score (nSPS) is 26.1. The van der Waals surface area contributed by atoms with Crippen LogP contribution in [-0.2, 0) is 0 Å². The van der Waals surface area contributed by atoms with Crippen molar-refractivity contribution in [1.82, 2.24) is 4.90 Å². The van der Waals surface area contributed by atoms with E-state index in [1.165, 1.54) is 30.6 Å². The molecule has 0 aliphatic carbocycles. The Kier molecular flexibility index (Phi) is 4.39. The van der Waals surface area contributed by atoms with Gasteiger partial charge in [0.05, 0.1) is 11.4 Å². The van der Waals surface area contributed by atoms with Crippen LogP contribution < -0.4 is 0 Å². The molecule has 1 aliphatic rings. The van der Waals surface area contributed by atoms with Gasteiger partial charge in [-0.1, -0.05) is 6.42 Å². The lowest BCUT2D eigenvalue weighted by Crippen LogP contribution is -2.46. The molecule has 0 bridgehead atoms. The molecule has 2 nitrogen and oxygen atoms in total. The van der Waals surface area contributed by atoms with Crippen LogP contribution in [0.1, 0.15) is 42.8 Å². The number of nitrogens with zero attached hydrogens (tertiary/aromatic N) is 1. The minimum absolute atomic E-state index is 0.243. The van der Waals surface area contributed by atoms with E-state index < -0.39 is 0 Å². The van der Waals surface area contributed by atoms with Crippen molar-refractivity contribution < 1.29 is 4.79 Å². The molecular formula is C13H18BrNOS. The molecular weight excluding hydrogens is 298 g/mol. The Morgan fingerprint density at radius 2 is 2.12 bits per heavy atom. The molecule has 17 heavy (non-hydrogen) atoms. The molecule has 94 valence electrons. The van der Waals surface area contributed by atoms with Gasteiger partial charge < -0.3 is 0 Å². The monoisotopic (exact) mass is 315 g/mol. The summed E-state index contributed by atoms with van der Waals surface area (Å²) in [5.41, 5.74) is 0. The maximum absolute atomic E-state index is 12.2. The zero-order chi connectivity index (χ0) is 12.4. The first-order valence-corrected chi connectivity index (χ1v) is 7.78. The number of carbonyl (C=O) groups is 1. The van der Waals surface area contributed by atoms with Crippen molar-refractivity contribution >= 4 is 33.0 Å². The van der Waals surface area contributed by atoms with E-state index in [9.17, 15) is 4.79 Å². The number of likely N-dealkylation sites (tertiary alicyclic amines) is 1. The topological polar surface area (TPSA) is 20.3 Å².